The summed E-state index contributed by atoms with van der Waals surface area (Å²) in [7, 11) is -2.46. The first-order valence-electron chi connectivity index (χ1n) is 3.21. The molecule has 1 rings (SSSR count). The van der Waals surface area contributed by atoms with Crippen LogP contribution in [0, 0.1) is 0 Å². The Kier molecular flexibility index (Phi) is 3.43. The van der Waals surface area contributed by atoms with Crippen LogP contribution in [0.1, 0.15) is 11.5 Å². The van der Waals surface area contributed by atoms with Crippen molar-refractivity contribution in [3.63, 3.8) is 0 Å². The normalized spacial score (nSPS) is 10.5. The molecule has 12 heavy (non-hydrogen) atoms. The van der Waals surface area contributed by atoms with Crippen LogP contribution in [0.25, 0.3) is 0 Å². The molecule has 0 aliphatic carbocycles. The molecule has 1 heterocycles. The van der Waals surface area contributed by atoms with E-state index in [0.29, 0.717) is 11.5 Å². The molecule has 66 valence electrons. The van der Waals surface area contributed by atoms with Crippen molar-refractivity contribution in [2.75, 3.05) is 0 Å². The van der Waals surface area contributed by atoms with Gasteiger partial charge in [0.2, 0.25) is 0 Å². The average molecular weight is 207 g/mol. The van der Waals surface area contributed by atoms with Crippen molar-refractivity contribution in [1.82, 2.24) is 9.97 Å². The van der Waals surface area contributed by atoms with Crippen LogP contribution in [0.2, 0.25) is 0 Å². The fourth-order valence-electron chi connectivity index (χ4n) is 0.707. The van der Waals surface area contributed by atoms with E-state index in [2.05, 4.69) is 9.97 Å². The molecule has 6 heteroatoms. The standard InChI is InChI=1S/C6H7ClN2O2S/c7-3-5-1-2-8-6(9-5)4-12(10)11/h1-2,12H,3-4H2. The number of hydrogen-bond acceptors (Lipinski definition) is 4. The van der Waals surface area contributed by atoms with E-state index in [1.165, 1.54) is 6.20 Å². The predicted molar refractivity (Wildman–Crippen MR) is 45.6 cm³/mol. The Morgan fingerprint density at radius 3 is 2.83 bits per heavy atom. The third-order valence-electron chi connectivity index (χ3n) is 1.17. The second-order valence-corrected chi connectivity index (χ2v) is 3.34. The van der Waals surface area contributed by atoms with Gasteiger partial charge in [-0.3, -0.25) is 0 Å². The molecule has 4 nitrogen and oxygen atoms in total. The van der Waals surface area contributed by atoms with Gasteiger partial charge in [-0.05, 0) is 6.07 Å². The molecule has 0 spiro atoms. The molecule has 0 atom stereocenters. The number of nitrogens with zero attached hydrogens (tertiary/aromatic N) is 2. The van der Waals surface area contributed by atoms with Gasteiger partial charge >= 0.3 is 0 Å². The Morgan fingerprint density at radius 1 is 1.50 bits per heavy atom. The van der Waals surface area contributed by atoms with Crippen molar-refractivity contribution < 1.29 is 8.42 Å². The number of hydrogen-bond donors (Lipinski definition) is 1. The highest BCUT2D eigenvalue weighted by atomic mass is 35.5. The lowest BCUT2D eigenvalue weighted by molar-refractivity contribution is 0.612. The summed E-state index contributed by atoms with van der Waals surface area (Å²) in [5.74, 6) is 0.440. The van der Waals surface area contributed by atoms with E-state index in [4.69, 9.17) is 11.6 Å². The van der Waals surface area contributed by atoms with E-state index in [-0.39, 0.29) is 11.6 Å². The first-order valence-corrected chi connectivity index (χ1v) is 5.10. The molecule has 0 fully saturated rings. The van der Waals surface area contributed by atoms with E-state index < -0.39 is 10.7 Å². The van der Waals surface area contributed by atoms with Crippen LogP contribution in [0.5, 0.6) is 0 Å². The minimum absolute atomic E-state index is 0.125. The van der Waals surface area contributed by atoms with Gasteiger partial charge in [0.15, 0.2) is 0 Å². The molecule has 1 aromatic rings. The minimum Gasteiger partial charge on any atom is -0.240 e. The lowest BCUT2D eigenvalue weighted by atomic mass is 10.4. The summed E-state index contributed by atoms with van der Waals surface area (Å²) in [6.07, 6.45) is 1.50. The highest BCUT2D eigenvalue weighted by Gasteiger charge is 1.98. The van der Waals surface area contributed by atoms with Gasteiger partial charge in [0.1, 0.15) is 22.3 Å². The smallest absolute Gasteiger partial charge is 0.147 e. The van der Waals surface area contributed by atoms with Gasteiger partial charge in [-0.2, -0.15) is 0 Å². The number of thiol groups is 1. The first kappa shape index (κ1) is 9.41. The van der Waals surface area contributed by atoms with Crippen LogP contribution in [0.15, 0.2) is 12.3 Å². The fraction of sp³-hybridized carbons (Fsp3) is 0.333. The Bertz CT molecular complexity index is 332. The molecule has 0 amide bonds. The van der Waals surface area contributed by atoms with Crippen LogP contribution in [0.4, 0.5) is 0 Å². The molecule has 0 radical (unpaired) electrons. The van der Waals surface area contributed by atoms with Crippen LogP contribution >= 0.6 is 11.6 Å². The maximum Gasteiger partial charge on any atom is 0.147 e. The van der Waals surface area contributed by atoms with Crippen molar-refractivity contribution >= 4 is 22.3 Å². The summed E-state index contributed by atoms with van der Waals surface area (Å²) in [4.78, 5) is 7.68. The van der Waals surface area contributed by atoms with Crippen molar-refractivity contribution in [1.29, 1.82) is 0 Å². The Balaban J connectivity index is 2.86. The Morgan fingerprint density at radius 2 is 2.25 bits per heavy atom. The van der Waals surface area contributed by atoms with E-state index in [9.17, 15) is 8.42 Å². The van der Waals surface area contributed by atoms with Crippen molar-refractivity contribution in [3.8, 4) is 0 Å². The third kappa shape index (κ3) is 2.75. The fourth-order valence-corrected chi connectivity index (χ4v) is 1.24. The summed E-state index contributed by atoms with van der Waals surface area (Å²) in [5, 5.41) is 0. The van der Waals surface area contributed by atoms with Crippen LogP contribution < -0.4 is 0 Å². The van der Waals surface area contributed by atoms with Gasteiger partial charge in [0, 0.05) is 6.20 Å². The number of aromatic nitrogens is 2. The second-order valence-electron chi connectivity index (χ2n) is 2.09. The van der Waals surface area contributed by atoms with Gasteiger partial charge in [-0.15, -0.1) is 11.6 Å². The third-order valence-corrected chi connectivity index (χ3v) is 1.99. The van der Waals surface area contributed by atoms with E-state index >= 15 is 0 Å². The number of alkyl halides is 1. The maximum absolute atomic E-state index is 10.3. The van der Waals surface area contributed by atoms with Crippen molar-refractivity contribution in [2.45, 2.75) is 11.6 Å². The first-order chi connectivity index (χ1) is 5.72. The molecular weight excluding hydrogens is 200 g/mol. The summed E-state index contributed by atoms with van der Waals surface area (Å²) in [6, 6.07) is 1.65. The largest absolute Gasteiger partial charge is 0.240 e. The van der Waals surface area contributed by atoms with Gasteiger partial charge in [0.25, 0.3) is 0 Å². The Hall–Kier alpha value is -0.680. The number of halogens is 1. The van der Waals surface area contributed by atoms with Gasteiger partial charge in [0.05, 0.1) is 11.6 Å². The zero-order valence-electron chi connectivity index (χ0n) is 6.11. The molecule has 0 aromatic carbocycles. The summed E-state index contributed by atoms with van der Waals surface area (Å²) >= 11 is 5.49. The SMILES string of the molecule is O=[SH](=O)Cc1nccc(CCl)n1. The zero-order valence-corrected chi connectivity index (χ0v) is 7.76. The molecular formula is C6H7ClN2O2S. The van der Waals surface area contributed by atoms with Crippen molar-refractivity contribution in [3.05, 3.63) is 23.8 Å². The summed E-state index contributed by atoms with van der Waals surface area (Å²) in [5.41, 5.74) is 0.638. The van der Waals surface area contributed by atoms with E-state index in [0.717, 1.165) is 0 Å². The molecule has 0 unspecified atom stereocenters. The van der Waals surface area contributed by atoms with Gasteiger partial charge < -0.3 is 0 Å². The monoisotopic (exact) mass is 206 g/mol. The lowest BCUT2D eigenvalue weighted by Crippen LogP contribution is -1.98. The van der Waals surface area contributed by atoms with Crippen LogP contribution in [0.3, 0.4) is 0 Å². The molecule has 0 N–H and O–H groups in total. The molecule has 0 saturated heterocycles. The van der Waals surface area contributed by atoms with E-state index in [1.54, 1.807) is 6.07 Å². The lowest BCUT2D eigenvalue weighted by Gasteiger charge is -1.95. The van der Waals surface area contributed by atoms with Crippen LogP contribution in [-0.2, 0) is 22.3 Å². The highest BCUT2D eigenvalue weighted by molar-refractivity contribution is 7.71. The molecule has 0 bridgehead atoms. The second kappa shape index (κ2) is 4.37. The zero-order chi connectivity index (χ0) is 8.97. The quantitative estimate of drug-likeness (QED) is 0.572. The van der Waals surface area contributed by atoms with Gasteiger partial charge in [-0.1, -0.05) is 0 Å². The topological polar surface area (TPSA) is 59.9 Å². The molecule has 1 aromatic heterocycles. The Labute approximate surface area is 76.6 Å². The van der Waals surface area contributed by atoms with Crippen molar-refractivity contribution in [2.24, 2.45) is 0 Å². The molecule has 0 aliphatic heterocycles. The van der Waals surface area contributed by atoms with Crippen LogP contribution in [-0.4, -0.2) is 18.4 Å². The predicted octanol–water partition coefficient (Wildman–Crippen LogP) is 0.327. The maximum atomic E-state index is 10.3. The number of rotatable bonds is 3. The molecule has 0 aliphatic rings. The highest BCUT2D eigenvalue weighted by Crippen LogP contribution is 1.99. The minimum atomic E-state index is -2.46. The summed E-state index contributed by atoms with van der Waals surface area (Å²) in [6.45, 7) is 0. The molecule has 0 saturated carbocycles. The van der Waals surface area contributed by atoms with E-state index in [1.807, 2.05) is 0 Å². The summed E-state index contributed by atoms with van der Waals surface area (Å²) < 4.78 is 20.6. The average Bonchev–Trinajstić information content (AvgIpc) is 2.03. The van der Waals surface area contributed by atoms with Gasteiger partial charge in [-0.25, -0.2) is 18.4 Å².